The maximum atomic E-state index is 12.4. The minimum atomic E-state index is -2.71. The van der Waals surface area contributed by atoms with E-state index in [9.17, 15) is 13.6 Å². The van der Waals surface area contributed by atoms with Gasteiger partial charge in [0.2, 0.25) is 0 Å². The number of pyridine rings is 1. The summed E-state index contributed by atoms with van der Waals surface area (Å²) < 4.78 is 29.5. The van der Waals surface area contributed by atoms with Crippen LogP contribution in [-0.2, 0) is 4.74 Å². The van der Waals surface area contributed by atoms with Gasteiger partial charge in [0.05, 0.1) is 17.2 Å². The van der Waals surface area contributed by atoms with Gasteiger partial charge < -0.3 is 4.74 Å². The number of aromatic nitrogens is 1. The van der Waals surface area contributed by atoms with Gasteiger partial charge in [-0.2, -0.15) is 0 Å². The number of esters is 1. The van der Waals surface area contributed by atoms with Crippen molar-refractivity contribution in [1.82, 2.24) is 4.98 Å². The molecule has 1 rings (SSSR count). The molecule has 0 saturated heterocycles. The largest absolute Gasteiger partial charge is 0.461 e. The fourth-order valence-corrected chi connectivity index (χ4v) is 1.67. The molecule has 1 aromatic rings. The van der Waals surface area contributed by atoms with Gasteiger partial charge in [-0.05, 0) is 22.9 Å². The summed E-state index contributed by atoms with van der Waals surface area (Å²) in [5.41, 5.74) is -0.544. The Kier molecular flexibility index (Phi) is 4.61. The quantitative estimate of drug-likeness (QED) is 0.800. The highest BCUT2D eigenvalue weighted by Gasteiger charge is 2.21. The molecule has 0 radical (unpaired) electrons. The molecule has 0 saturated carbocycles. The number of hydrogen-bond acceptors (Lipinski definition) is 3. The first kappa shape index (κ1) is 13.3. The standard InChI is InChI=1S/C9H7BrClF2NO2/c1-2-16-9(15)7-6(11)5(10)4(3-14-7)8(12)13/h3,8H,2H2,1H3. The summed E-state index contributed by atoms with van der Waals surface area (Å²) in [4.78, 5) is 14.9. The van der Waals surface area contributed by atoms with Crippen LogP contribution >= 0.6 is 27.5 Å². The molecule has 0 aliphatic carbocycles. The van der Waals surface area contributed by atoms with E-state index in [4.69, 9.17) is 11.6 Å². The molecule has 0 aromatic carbocycles. The summed E-state index contributed by atoms with van der Waals surface area (Å²) >= 11 is 8.62. The fourth-order valence-electron chi connectivity index (χ4n) is 0.972. The highest BCUT2D eigenvalue weighted by atomic mass is 79.9. The number of rotatable bonds is 3. The van der Waals surface area contributed by atoms with E-state index in [1.807, 2.05) is 0 Å². The molecule has 1 heterocycles. The Morgan fingerprint density at radius 2 is 2.31 bits per heavy atom. The zero-order valence-corrected chi connectivity index (χ0v) is 10.5. The molecule has 0 spiro atoms. The van der Waals surface area contributed by atoms with Gasteiger partial charge in [0.1, 0.15) is 0 Å². The van der Waals surface area contributed by atoms with Crippen molar-refractivity contribution in [2.75, 3.05) is 6.61 Å². The van der Waals surface area contributed by atoms with Crippen LogP contribution < -0.4 is 0 Å². The molecule has 1 aromatic heterocycles. The highest BCUT2D eigenvalue weighted by Crippen LogP contribution is 2.34. The molecule has 0 N–H and O–H groups in total. The first-order valence-corrected chi connectivity index (χ1v) is 5.45. The molecule has 16 heavy (non-hydrogen) atoms. The van der Waals surface area contributed by atoms with Crippen molar-refractivity contribution in [1.29, 1.82) is 0 Å². The first-order chi connectivity index (χ1) is 7.49. The third-order valence-corrected chi connectivity index (χ3v) is 3.14. The number of ether oxygens (including phenoxy) is 1. The lowest BCUT2D eigenvalue weighted by Gasteiger charge is -2.08. The molecule has 88 valence electrons. The number of carbonyl (C=O) groups is 1. The van der Waals surface area contributed by atoms with Crippen molar-refractivity contribution in [2.24, 2.45) is 0 Å². The van der Waals surface area contributed by atoms with Crippen LogP contribution in [0.1, 0.15) is 29.4 Å². The van der Waals surface area contributed by atoms with E-state index >= 15 is 0 Å². The van der Waals surface area contributed by atoms with Crippen LogP contribution in [0.4, 0.5) is 8.78 Å². The smallest absolute Gasteiger partial charge is 0.358 e. The predicted octanol–water partition coefficient (Wildman–Crippen LogP) is 3.61. The van der Waals surface area contributed by atoms with Crippen LogP contribution in [0, 0.1) is 0 Å². The Morgan fingerprint density at radius 1 is 1.69 bits per heavy atom. The van der Waals surface area contributed by atoms with Crippen LogP contribution in [0.5, 0.6) is 0 Å². The second kappa shape index (κ2) is 5.54. The normalized spacial score (nSPS) is 10.6. The Morgan fingerprint density at radius 3 is 2.81 bits per heavy atom. The number of halogens is 4. The number of hydrogen-bond donors (Lipinski definition) is 0. The highest BCUT2D eigenvalue weighted by molar-refractivity contribution is 9.10. The van der Waals surface area contributed by atoms with Crippen molar-refractivity contribution < 1.29 is 18.3 Å². The predicted molar refractivity (Wildman–Crippen MR) is 57.9 cm³/mol. The molecule has 3 nitrogen and oxygen atoms in total. The van der Waals surface area contributed by atoms with E-state index in [0.29, 0.717) is 0 Å². The molecule has 7 heteroatoms. The lowest BCUT2D eigenvalue weighted by atomic mass is 10.2. The Balaban J connectivity index is 3.16. The molecule has 0 aliphatic heterocycles. The summed E-state index contributed by atoms with van der Waals surface area (Å²) in [7, 11) is 0. The summed E-state index contributed by atoms with van der Waals surface area (Å²) in [6, 6.07) is 0. The zero-order chi connectivity index (χ0) is 12.3. The lowest BCUT2D eigenvalue weighted by Crippen LogP contribution is -2.09. The van der Waals surface area contributed by atoms with E-state index in [1.165, 1.54) is 0 Å². The minimum absolute atomic E-state index is 0.0396. The molecule has 0 fully saturated rings. The molecular weight excluding hydrogens is 307 g/mol. The summed E-state index contributed by atoms with van der Waals surface area (Å²) in [6.45, 7) is 1.78. The number of carbonyl (C=O) groups excluding carboxylic acids is 1. The maximum absolute atomic E-state index is 12.4. The van der Waals surface area contributed by atoms with Crippen LogP contribution in [0.2, 0.25) is 5.02 Å². The molecular formula is C9H7BrClF2NO2. The average molecular weight is 315 g/mol. The fraction of sp³-hybridized carbons (Fsp3) is 0.333. The Labute approximate surface area is 104 Å². The van der Waals surface area contributed by atoms with Gasteiger partial charge in [0.25, 0.3) is 6.43 Å². The van der Waals surface area contributed by atoms with Gasteiger partial charge in [-0.3, -0.25) is 0 Å². The third-order valence-electron chi connectivity index (χ3n) is 1.69. The summed E-state index contributed by atoms with van der Waals surface area (Å²) in [6.07, 6.45) is -1.82. The molecule has 0 unspecified atom stereocenters. The van der Waals surface area contributed by atoms with Crippen LogP contribution in [-0.4, -0.2) is 17.6 Å². The van der Waals surface area contributed by atoms with Crippen LogP contribution in [0.25, 0.3) is 0 Å². The third kappa shape index (κ3) is 2.68. The molecule has 0 aliphatic rings. The van der Waals surface area contributed by atoms with E-state index in [2.05, 4.69) is 25.7 Å². The average Bonchev–Trinajstić information content (AvgIpc) is 2.21. The van der Waals surface area contributed by atoms with Crippen LogP contribution in [0.3, 0.4) is 0 Å². The maximum Gasteiger partial charge on any atom is 0.358 e. The van der Waals surface area contributed by atoms with E-state index < -0.39 is 12.4 Å². The van der Waals surface area contributed by atoms with Crippen molar-refractivity contribution in [3.05, 3.63) is 26.9 Å². The van der Waals surface area contributed by atoms with Gasteiger partial charge in [-0.1, -0.05) is 11.6 Å². The first-order valence-electron chi connectivity index (χ1n) is 4.28. The monoisotopic (exact) mass is 313 g/mol. The van der Waals surface area contributed by atoms with Crippen LogP contribution in [0.15, 0.2) is 10.7 Å². The summed E-state index contributed by atoms with van der Waals surface area (Å²) in [5.74, 6) is -0.742. The van der Waals surface area contributed by atoms with Gasteiger partial charge in [0.15, 0.2) is 5.69 Å². The van der Waals surface area contributed by atoms with Crippen molar-refractivity contribution in [3.63, 3.8) is 0 Å². The topological polar surface area (TPSA) is 39.2 Å². The lowest BCUT2D eigenvalue weighted by molar-refractivity contribution is 0.0519. The summed E-state index contributed by atoms with van der Waals surface area (Å²) in [5, 5.41) is -0.170. The second-order valence-corrected chi connectivity index (χ2v) is 3.88. The zero-order valence-electron chi connectivity index (χ0n) is 8.14. The van der Waals surface area contributed by atoms with Crippen molar-refractivity contribution in [3.8, 4) is 0 Å². The molecule has 0 amide bonds. The Bertz CT molecular complexity index is 415. The number of nitrogens with zero attached hydrogens (tertiary/aromatic N) is 1. The second-order valence-electron chi connectivity index (χ2n) is 2.71. The van der Waals surface area contributed by atoms with Gasteiger partial charge >= 0.3 is 5.97 Å². The Hall–Kier alpha value is -0.750. The molecule has 0 bridgehead atoms. The van der Waals surface area contributed by atoms with Crippen molar-refractivity contribution >= 4 is 33.5 Å². The van der Waals surface area contributed by atoms with E-state index in [1.54, 1.807) is 6.92 Å². The van der Waals surface area contributed by atoms with E-state index in [0.717, 1.165) is 6.20 Å². The minimum Gasteiger partial charge on any atom is -0.461 e. The SMILES string of the molecule is CCOC(=O)c1ncc(C(F)F)c(Br)c1Cl. The van der Waals surface area contributed by atoms with Gasteiger partial charge in [-0.15, -0.1) is 0 Å². The molecule has 0 atom stereocenters. The van der Waals surface area contributed by atoms with Gasteiger partial charge in [0, 0.05) is 10.7 Å². The van der Waals surface area contributed by atoms with Gasteiger partial charge in [-0.25, -0.2) is 18.6 Å². The van der Waals surface area contributed by atoms with Crippen molar-refractivity contribution in [2.45, 2.75) is 13.3 Å². The van der Waals surface area contributed by atoms with E-state index in [-0.39, 0.29) is 27.4 Å². The number of alkyl halides is 2.